The Labute approximate surface area is 159 Å². The van der Waals surface area contributed by atoms with Crippen LogP contribution in [0.3, 0.4) is 0 Å². The zero-order chi connectivity index (χ0) is 19.8. The maximum atomic E-state index is 11.8. The minimum Gasteiger partial charge on any atom is -0.444 e. The Hall–Kier alpha value is -1.35. The van der Waals surface area contributed by atoms with Crippen molar-refractivity contribution in [2.75, 3.05) is 11.9 Å². The lowest BCUT2D eigenvalue weighted by molar-refractivity contribution is 0.00578. The van der Waals surface area contributed by atoms with Crippen molar-refractivity contribution in [1.82, 2.24) is 0 Å². The molecule has 6 nitrogen and oxygen atoms in total. The molecule has 8 heteroatoms. The predicted molar refractivity (Wildman–Crippen MR) is 105 cm³/mol. The van der Waals surface area contributed by atoms with Crippen molar-refractivity contribution in [1.29, 1.82) is 0 Å². The smallest absolute Gasteiger partial charge is 0.444 e. The Kier molecular flexibility index (Phi) is 5.92. The van der Waals surface area contributed by atoms with Crippen LogP contribution in [0.2, 0.25) is 0 Å². The molecule has 2 N–H and O–H groups in total. The molecule has 144 valence electrons. The molecule has 0 aromatic carbocycles. The number of aliphatic hydroxyl groups is 1. The first-order valence-corrected chi connectivity index (χ1v) is 9.46. The summed E-state index contributed by atoms with van der Waals surface area (Å²) in [5.41, 5.74) is -0.0103. The van der Waals surface area contributed by atoms with Crippen LogP contribution in [-0.4, -0.2) is 41.7 Å². The third kappa shape index (κ3) is 5.10. The van der Waals surface area contributed by atoms with Gasteiger partial charge in [-0.15, -0.1) is 11.3 Å². The van der Waals surface area contributed by atoms with Crippen molar-refractivity contribution in [3.8, 4) is 0 Å². The standard InChI is InChI=1S/C18H28BNO5S/c1-16(2,3)23-15(22)20-14-9-12(11-26-14)8-13(10-21)19-24-17(4,5)18(6,7)25-19/h8-9,11,21H,10H2,1-7H3,(H,20,22). The molecular weight excluding hydrogens is 353 g/mol. The summed E-state index contributed by atoms with van der Waals surface area (Å²) in [5, 5.41) is 15.0. The van der Waals surface area contributed by atoms with Crippen molar-refractivity contribution in [3.05, 3.63) is 22.5 Å². The van der Waals surface area contributed by atoms with E-state index >= 15 is 0 Å². The van der Waals surface area contributed by atoms with Gasteiger partial charge in [-0.05, 0) is 65.6 Å². The number of hydrogen-bond acceptors (Lipinski definition) is 6. The Morgan fingerprint density at radius 2 is 1.88 bits per heavy atom. The maximum absolute atomic E-state index is 11.8. The number of aliphatic hydroxyl groups excluding tert-OH is 1. The molecule has 0 radical (unpaired) electrons. The van der Waals surface area contributed by atoms with Gasteiger partial charge in [0.1, 0.15) is 5.60 Å². The van der Waals surface area contributed by atoms with Crippen LogP contribution in [0.4, 0.5) is 9.80 Å². The van der Waals surface area contributed by atoms with Crippen molar-refractivity contribution in [2.45, 2.75) is 65.3 Å². The van der Waals surface area contributed by atoms with E-state index in [4.69, 9.17) is 14.0 Å². The Morgan fingerprint density at radius 1 is 1.31 bits per heavy atom. The highest BCUT2D eigenvalue weighted by Crippen LogP contribution is 2.39. The molecule has 26 heavy (non-hydrogen) atoms. The fourth-order valence-electron chi connectivity index (χ4n) is 2.29. The molecule has 0 unspecified atom stereocenters. The number of amides is 1. The third-order valence-corrected chi connectivity index (χ3v) is 5.20. The van der Waals surface area contributed by atoms with Crippen molar-refractivity contribution >= 4 is 35.6 Å². The average Bonchev–Trinajstić information content (AvgIpc) is 2.96. The van der Waals surface area contributed by atoms with Gasteiger partial charge in [-0.2, -0.15) is 0 Å². The second-order valence-electron chi connectivity index (χ2n) is 8.34. The highest BCUT2D eigenvalue weighted by molar-refractivity contribution is 7.14. The van der Waals surface area contributed by atoms with Gasteiger partial charge in [-0.25, -0.2) is 4.79 Å². The summed E-state index contributed by atoms with van der Waals surface area (Å²) in [6, 6.07) is 1.81. The summed E-state index contributed by atoms with van der Waals surface area (Å²) in [5.74, 6) is 0. The van der Waals surface area contributed by atoms with Crippen molar-refractivity contribution < 1.29 is 23.9 Å². The second-order valence-corrected chi connectivity index (χ2v) is 9.25. The number of thiophene rings is 1. The van der Waals surface area contributed by atoms with Gasteiger partial charge in [0, 0.05) is 5.38 Å². The van der Waals surface area contributed by atoms with Crippen LogP contribution in [0.1, 0.15) is 54.0 Å². The van der Waals surface area contributed by atoms with Gasteiger partial charge < -0.3 is 19.2 Å². The molecule has 1 aromatic heterocycles. The van der Waals surface area contributed by atoms with E-state index in [0.29, 0.717) is 10.5 Å². The van der Waals surface area contributed by atoms with E-state index in [2.05, 4.69) is 5.32 Å². The van der Waals surface area contributed by atoms with E-state index in [1.54, 1.807) is 0 Å². The van der Waals surface area contributed by atoms with Crippen LogP contribution >= 0.6 is 11.3 Å². The fourth-order valence-corrected chi connectivity index (χ4v) is 3.04. The Morgan fingerprint density at radius 3 is 2.38 bits per heavy atom. The SMILES string of the molecule is CC(C)(C)OC(=O)Nc1cc(C=C(CO)B2OC(C)(C)C(C)(C)O2)cs1. The zero-order valence-corrected chi connectivity index (χ0v) is 17.3. The van der Waals surface area contributed by atoms with Gasteiger partial charge in [-0.3, -0.25) is 5.32 Å². The van der Waals surface area contributed by atoms with Crippen LogP contribution < -0.4 is 5.32 Å². The number of carbonyl (C=O) groups is 1. The number of nitrogens with one attached hydrogen (secondary N) is 1. The second kappa shape index (κ2) is 7.35. The van der Waals surface area contributed by atoms with Crippen molar-refractivity contribution in [3.63, 3.8) is 0 Å². The highest BCUT2D eigenvalue weighted by Gasteiger charge is 2.52. The monoisotopic (exact) mass is 381 g/mol. The first-order chi connectivity index (χ1) is 11.8. The quantitative estimate of drug-likeness (QED) is 0.768. The van der Waals surface area contributed by atoms with E-state index in [0.717, 1.165) is 5.56 Å². The van der Waals surface area contributed by atoms with Gasteiger partial charge in [-0.1, -0.05) is 6.08 Å². The molecule has 1 amide bonds. The lowest BCUT2D eigenvalue weighted by Crippen LogP contribution is -2.41. The fraction of sp³-hybridized carbons (Fsp3) is 0.611. The lowest BCUT2D eigenvalue weighted by atomic mass is 9.78. The molecule has 0 atom stereocenters. The van der Waals surface area contributed by atoms with E-state index in [9.17, 15) is 9.90 Å². The van der Waals surface area contributed by atoms with Crippen LogP contribution in [0.15, 0.2) is 16.9 Å². The largest absolute Gasteiger partial charge is 0.492 e. The highest BCUT2D eigenvalue weighted by atomic mass is 32.1. The van der Waals surface area contributed by atoms with Gasteiger partial charge in [0.2, 0.25) is 0 Å². The Bertz CT molecular complexity index is 674. The van der Waals surface area contributed by atoms with Gasteiger partial charge in [0.25, 0.3) is 0 Å². The summed E-state index contributed by atoms with van der Waals surface area (Å²) in [7, 11) is -0.604. The molecule has 1 fully saturated rings. The molecule has 1 aliphatic heterocycles. The molecule has 0 saturated carbocycles. The summed E-state index contributed by atoms with van der Waals surface area (Å²) < 4.78 is 17.2. The van der Waals surface area contributed by atoms with Gasteiger partial charge in [0.05, 0.1) is 22.8 Å². The van der Waals surface area contributed by atoms with Gasteiger partial charge in [0.15, 0.2) is 0 Å². The number of anilines is 1. The molecule has 0 aliphatic carbocycles. The molecule has 1 saturated heterocycles. The van der Waals surface area contributed by atoms with E-state index in [1.807, 2.05) is 66.0 Å². The molecule has 1 aromatic rings. The summed E-state index contributed by atoms with van der Waals surface area (Å²) in [4.78, 5) is 11.8. The molecule has 2 heterocycles. The minimum absolute atomic E-state index is 0.179. The van der Waals surface area contributed by atoms with Crippen LogP contribution in [-0.2, 0) is 14.0 Å². The van der Waals surface area contributed by atoms with Gasteiger partial charge >= 0.3 is 13.2 Å². The first-order valence-electron chi connectivity index (χ1n) is 8.58. The maximum Gasteiger partial charge on any atom is 0.492 e. The molecular formula is C18H28BNO5S. The number of hydrogen-bond donors (Lipinski definition) is 2. The van der Waals surface area contributed by atoms with E-state index in [-0.39, 0.29) is 6.61 Å². The first kappa shape index (κ1) is 21.0. The summed E-state index contributed by atoms with van der Waals surface area (Å²) in [6.45, 7) is 13.1. The zero-order valence-electron chi connectivity index (χ0n) is 16.5. The van der Waals surface area contributed by atoms with Crippen LogP contribution in [0.5, 0.6) is 0 Å². The number of ether oxygens (including phenoxy) is 1. The molecule has 0 bridgehead atoms. The average molecular weight is 381 g/mol. The van der Waals surface area contributed by atoms with E-state index < -0.39 is 30.0 Å². The third-order valence-electron chi connectivity index (χ3n) is 4.33. The molecule has 0 spiro atoms. The van der Waals surface area contributed by atoms with Crippen LogP contribution in [0, 0.1) is 0 Å². The van der Waals surface area contributed by atoms with E-state index in [1.165, 1.54) is 11.3 Å². The summed E-state index contributed by atoms with van der Waals surface area (Å²) in [6.07, 6.45) is 1.32. The topological polar surface area (TPSA) is 77.0 Å². The molecule has 2 rings (SSSR count). The summed E-state index contributed by atoms with van der Waals surface area (Å²) >= 11 is 1.38. The lowest BCUT2D eigenvalue weighted by Gasteiger charge is -2.32. The van der Waals surface area contributed by atoms with Crippen LogP contribution in [0.25, 0.3) is 6.08 Å². The Balaban J connectivity index is 2.09. The number of carbonyl (C=O) groups excluding carboxylic acids is 1. The normalized spacial score (nSPS) is 19.5. The minimum atomic E-state index is -0.604. The molecule has 1 aliphatic rings. The number of rotatable bonds is 4. The predicted octanol–water partition coefficient (Wildman–Crippen LogP) is 4.10. The van der Waals surface area contributed by atoms with Crippen molar-refractivity contribution in [2.24, 2.45) is 0 Å².